The largest absolute Gasteiger partial charge is 0.478 e. The Morgan fingerprint density at radius 2 is 1.08 bits per heavy atom. The molecule has 0 unspecified atom stereocenters. The van der Waals surface area contributed by atoms with E-state index in [4.69, 9.17) is 32.0 Å². The van der Waals surface area contributed by atoms with Gasteiger partial charge in [0.25, 0.3) is 0 Å². The van der Waals surface area contributed by atoms with Gasteiger partial charge in [-0.05, 0) is 71.8 Å². The molecule has 0 spiro atoms. The van der Waals surface area contributed by atoms with Crippen LogP contribution in [0, 0.1) is 11.3 Å². The van der Waals surface area contributed by atoms with Gasteiger partial charge in [0.1, 0.15) is 0 Å². The Morgan fingerprint density at radius 1 is 0.778 bits per heavy atom. The molecular weight excluding hydrogens is 494 g/mol. The number of carboxylic acids is 4. The Kier molecular flexibility index (Phi) is 17.8. The van der Waals surface area contributed by atoms with Crippen molar-refractivity contribution in [1.29, 1.82) is 5.26 Å². The molecule has 0 amide bonds. The van der Waals surface area contributed by atoms with Gasteiger partial charge in [-0.3, -0.25) is 0 Å². The number of aliphatic carboxylic acids is 4. The van der Waals surface area contributed by atoms with Crippen LogP contribution in [0.3, 0.4) is 0 Å². The predicted octanol–water partition coefficient (Wildman–Crippen LogP) is 2.43. The Bertz CT molecular complexity index is 873. The van der Waals surface area contributed by atoms with Crippen LogP contribution in [0.4, 0.5) is 0 Å². The highest BCUT2D eigenvalue weighted by atomic mass is 35.5. The van der Waals surface area contributed by atoms with Crippen LogP contribution in [0.5, 0.6) is 0 Å². The molecule has 0 aliphatic rings. The summed E-state index contributed by atoms with van der Waals surface area (Å²) < 4.78 is 0. The van der Waals surface area contributed by atoms with Crippen LogP contribution in [0.25, 0.3) is 0 Å². The van der Waals surface area contributed by atoms with Gasteiger partial charge < -0.3 is 30.2 Å². The maximum absolute atomic E-state index is 9.81. The Morgan fingerprint density at radius 3 is 1.31 bits per heavy atom. The van der Waals surface area contributed by atoms with Crippen molar-refractivity contribution in [2.24, 2.45) is 0 Å². The molecule has 1 aromatic rings. The molecular formula is C24H32ClN3O8. The summed E-state index contributed by atoms with van der Waals surface area (Å²) in [6.45, 7) is 1.78. The van der Waals surface area contributed by atoms with E-state index in [1.807, 2.05) is 52.5 Å². The van der Waals surface area contributed by atoms with E-state index in [9.17, 15) is 24.4 Å². The molecule has 0 heterocycles. The number of rotatable bonds is 11. The standard InChI is InChI=1S/C16H24ClN3.2C4H4O4/c1-19(2)11-9-16(13-18,10-12-20(3)4)14-5-7-15(17)8-6-14;2*5-3(6)1-2-4(7)8/h5-8H,9-12H2,1-4H3;2*1-2H,(H,5,6)(H,7,8)/b;2*2-1-. The second-order valence-corrected chi connectivity index (χ2v) is 8.26. The topological polar surface area (TPSA) is 179 Å². The van der Waals surface area contributed by atoms with E-state index >= 15 is 0 Å². The molecule has 36 heavy (non-hydrogen) atoms. The van der Waals surface area contributed by atoms with Crippen molar-refractivity contribution in [2.45, 2.75) is 18.3 Å². The first-order chi connectivity index (χ1) is 16.6. The van der Waals surface area contributed by atoms with Crippen molar-refractivity contribution < 1.29 is 39.6 Å². The smallest absolute Gasteiger partial charge is 0.328 e. The SMILES string of the molecule is CN(C)CCC(C#N)(CCN(C)C)c1ccc(Cl)cc1.O=C(O)/C=C\C(=O)O.O=C(O)/C=C\C(=O)O. The van der Waals surface area contributed by atoms with Crippen LogP contribution in [-0.4, -0.2) is 95.4 Å². The third-order valence-electron chi connectivity index (χ3n) is 4.32. The average molecular weight is 526 g/mol. The first-order valence-corrected chi connectivity index (χ1v) is 10.8. The van der Waals surface area contributed by atoms with Gasteiger partial charge in [0.15, 0.2) is 0 Å². The maximum Gasteiger partial charge on any atom is 0.328 e. The summed E-state index contributed by atoms with van der Waals surface area (Å²) in [5.41, 5.74) is 0.618. The minimum Gasteiger partial charge on any atom is -0.478 e. The molecule has 0 saturated heterocycles. The lowest BCUT2D eigenvalue weighted by molar-refractivity contribution is -0.134. The highest BCUT2D eigenvalue weighted by molar-refractivity contribution is 6.30. The highest BCUT2D eigenvalue weighted by Crippen LogP contribution is 2.32. The zero-order valence-electron chi connectivity index (χ0n) is 20.6. The van der Waals surface area contributed by atoms with E-state index in [0.29, 0.717) is 29.3 Å². The third kappa shape index (κ3) is 18.7. The van der Waals surface area contributed by atoms with Crippen LogP contribution in [0.15, 0.2) is 48.6 Å². The van der Waals surface area contributed by atoms with Crippen molar-refractivity contribution in [3.63, 3.8) is 0 Å². The number of carbonyl (C=O) groups is 4. The maximum atomic E-state index is 9.81. The molecule has 1 aromatic carbocycles. The molecule has 1 rings (SSSR count). The van der Waals surface area contributed by atoms with Crippen molar-refractivity contribution in [3.8, 4) is 6.07 Å². The Labute approximate surface area is 215 Å². The second kappa shape index (κ2) is 18.6. The molecule has 4 N–H and O–H groups in total. The van der Waals surface area contributed by atoms with Crippen molar-refractivity contribution in [1.82, 2.24) is 9.80 Å². The molecule has 198 valence electrons. The van der Waals surface area contributed by atoms with Gasteiger partial charge in [0, 0.05) is 29.3 Å². The van der Waals surface area contributed by atoms with Gasteiger partial charge >= 0.3 is 23.9 Å². The van der Waals surface area contributed by atoms with Gasteiger partial charge in [-0.2, -0.15) is 5.26 Å². The minimum atomic E-state index is -1.26. The quantitative estimate of drug-likeness (QED) is 0.311. The molecule has 0 aromatic heterocycles. The van der Waals surface area contributed by atoms with Gasteiger partial charge in [0.2, 0.25) is 0 Å². The predicted molar refractivity (Wildman–Crippen MR) is 134 cm³/mol. The molecule has 0 aliphatic heterocycles. The van der Waals surface area contributed by atoms with E-state index in [1.165, 1.54) is 0 Å². The molecule has 0 bridgehead atoms. The number of hydrogen-bond donors (Lipinski definition) is 4. The zero-order valence-corrected chi connectivity index (χ0v) is 21.3. The van der Waals surface area contributed by atoms with E-state index in [2.05, 4.69) is 15.9 Å². The molecule has 0 radical (unpaired) electrons. The first-order valence-electron chi connectivity index (χ1n) is 10.4. The lowest BCUT2D eigenvalue weighted by Gasteiger charge is -2.30. The van der Waals surface area contributed by atoms with Crippen molar-refractivity contribution in [2.75, 3.05) is 41.3 Å². The lowest BCUT2D eigenvalue weighted by Crippen LogP contribution is -2.33. The fraction of sp³-hybridized carbons (Fsp3) is 0.375. The van der Waals surface area contributed by atoms with E-state index in [0.717, 1.165) is 31.5 Å². The summed E-state index contributed by atoms with van der Waals surface area (Å²) in [4.78, 5) is 42.5. The molecule has 0 fully saturated rings. The number of nitriles is 1. The van der Waals surface area contributed by atoms with Crippen LogP contribution in [-0.2, 0) is 24.6 Å². The molecule has 0 atom stereocenters. The number of hydrogen-bond acceptors (Lipinski definition) is 7. The minimum absolute atomic E-state index is 0.445. The van der Waals surface area contributed by atoms with Crippen molar-refractivity contribution in [3.05, 3.63) is 59.2 Å². The van der Waals surface area contributed by atoms with Crippen molar-refractivity contribution >= 4 is 35.5 Å². The molecule has 11 nitrogen and oxygen atoms in total. The monoisotopic (exact) mass is 525 g/mol. The fourth-order valence-electron chi connectivity index (χ4n) is 2.47. The van der Waals surface area contributed by atoms with Gasteiger partial charge in [-0.1, -0.05) is 23.7 Å². The first kappa shape index (κ1) is 34.4. The second-order valence-electron chi connectivity index (χ2n) is 7.83. The fourth-order valence-corrected chi connectivity index (χ4v) is 2.60. The van der Waals surface area contributed by atoms with Crippen LogP contribution in [0.1, 0.15) is 18.4 Å². The summed E-state index contributed by atoms with van der Waals surface area (Å²) >= 11 is 5.96. The summed E-state index contributed by atoms with van der Waals surface area (Å²) in [6, 6.07) is 10.3. The molecule has 0 aliphatic carbocycles. The lowest BCUT2D eigenvalue weighted by atomic mass is 9.76. The Hall–Kier alpha value is -3.72. The Balaban J connectivity index is 0. The van der Waals surface area contributed by atoms with E-state index < -0.39 is 29.3 Å². The van der Waals surface area contributed by atoms with Gasteiger partial charge in [-0.25, -0.2) is 19.2 Å². The number of benzene rings is 1. The van der Waals surface area contributed by atoms with Gasteiger partial charge in [0.05, 0.1) is 11.5 Å². The zero-order chi connectivity index (χ0) is 28.3. The number of carboxylic acid groups (broad SMARTS) is 4. The summed E-state index contributed by atoms with van der Waals surface area (Å²) in [5, 5.41) is 41.8. The van der Waals surface area contributed by atoms with E-state index in [-0.39, 0.29) is 0 Å². The van der Waals surface area contributed by atoms with Gasteiger partial charge in [-0.15, -0.1) is 0 Å². The summed E-state index contributed by atoms with van der Waals surface area (Å²) in [7, 11) is 8.15. The molecule has 0 saturated carbocycles. The molecule has 12 heteroatoms. The van der Waals surface area contributed by atoms with E-state index in [1.54, 1.807) is 0 Å². The highest BCUT2D eigenvalue weighted by Gasteiger charge is 2.32. The summed E-state index contributed by atoms with van der Waals surface area (Å²) in [6.07, 6.45) is 3.88. The summed E-state index contributed by atoms with van der Waals surface area (Å²) in [5.74, 6) is -5.03. The average Bonchev–Trinajstić information content (AvgIpc) is 2.78. The normalized spacial score (nSPS) is 10.8. The van der Waals surface area contributed by atoms with Crippen LogP contribution in [0.2, 0.25) is 5.02 Å². The number of nitrogens with zero attached hydrogens (tertiary/aromatic N) is 3. The number of halogens is 1. The van der Waals surface area contributed by atoms with Crippen LogP contribution >= 0.6 is 11.6 Å². The van der Waals surface area contributed by atoms with Crippen LogP contribution < -0.4 is 0 Å². The third-order valence-corrected chi connectivity index (χ3v) is 4.57.